The maximum absolute atomic E-state index is 12.3. The molecule has 1 heterocycles. The Balaban J connectivity index is 1.81. The third kappa shape index (κ3) is 3.00. The summed E-state index contributed by atoms with van der Waals surface area (Å²) in [6.45, 7) is 3.97. The summed E-state index contributed by atoms with van der Waals surface area (Å²) in [7, 11) is 0. The SMILES string of the molecule is Cc1ccc(C)c(NC(=O)Cc2coc3ccc(Cl)cc23)c1. The molecule has 1 aromatic heterocycles. The van der Waals surface area contributed by atoms with Gasteiger partial charge in [-0.15, -0.1) is 0 Å². The minimum absolute atomic E-state index is 0.0728. The Morgan fingerprint density at radius 1 is 1.18 bits per heavy atom. The molecule has 22 heavy (non-hydrogen) atoms. The van der Waals surface area contributed by atoms with E-state index < -0.39 is 0 Å². The second-order valence-corrected chi connectivity index (χ2v) is 5.88. The van der Waals surface area contributed by atoms with Crippen molar-refractivity contribution in [3.63, 3.8) is 0 Å². The first-order chi connectivity index (χ1) is 10.5. The highest BCUT2D eigenvalue weighted by atomic mass is 35.5. The zero-order chi connectivity index (χ0) is 15.7. The van der Waals surface area contributed by atoms with Gasteiger partial charge in [0.1, 0.15) is 5.58 Å². The summed E-state index contributed by atoms with van der Waals surface area (Å²) < 4.78 is 5.46. The van der Waals surface area contributed by atoms with Gasteiger partial charge in [-0.1, -0.05) is 23.7 Å². The van der Waals surface area contributed by atoms with Crippen LogP contribution in [0.1, 0.15) is 16.7 Å². The predicted octanol–water partition coefficient (Wildman–Crippen LogP) is 4.88. The topological polar surface area (TPSA) is 42.2 Å². The number of amides is 1. The van der Waals surface area contributed by atoms with Crippen LogP contribution in [0.4, 0.5) is 5.69 Å². The minimum atomic E-state index is -0.0728. The molecule has 0 atom stereocenters. The van der Waals surface area contributed by atoms with Crippen LogP contribution in [-0.4, -0.2) is 5.91 Å². The van der Waals surface area contributed by atoms with Gasteiger partial charge in [-0.3, -0.25) is 4.79 Å². The summed E-state index contributed by atoms with van der Waals surface area (Å²) in [4.78, 5) is 12.3. The molecule has 2 aromatic carbocycles. The molecule has 4 heteroatoms. The van der Waals surface area contributed by atoms with Crippen LogP contribution in [0.15, 0.2) is 47.1 Å². The Morgan fingerprint density at radius 2 is 2.00 bits per heavy atom. The Bertz CT molecular complexity index is 851. The van der Waals surface area contributed by atoms with Crippen LogP contribution in [0, 0.1) is 13.8 Å². The maximum atomic E-state index is 12.3. The number of nitrogens with one attached hydrogen (secondary N) is 1. The molecule has 3 aromatic rings. The quantitative estimate of drug-likeness (QED) is 0.748. The van der Waals surface area contributed by atoms with Crippen molar-refractivity contribution in [2.75, 3.05) is 5.32 Å². The number of halogens is 1. The maximum Gasteiger partial charge on any atom is 0.228 e. The third-order valence-electron chi connectivity index (χ3n) is 3.63. The largest absolute Gasteiger partial charge is 0.464 e. The van der Waals surface area contributed by atoms with Crippen molar-refractivity contribution in [2.24, 2.45) is 0 Å². The summed E-state index contributed by atoms with van der Waals surface area (Å²) in [6, 6.07) is 11.4. The lowest BCUT2D eigenvalue weighted by molar-refractivity contribution is -0.115. The Kier molecular flexibility index (Phi) is 3.90. The van der Waals surface area contributed by atoms with Crippen molar-refractivity contribution in [2.45, 2.75) is 20.3 Å². The average molecular weight is 314 g/mol. The van der Waals surface area contributed by atoms with Crippen molar-refractivity contribution < 1.29 is 9.21 Å². The number of aryl methyl sites for hydroxylation is 2. The van der Waals surface area contributed by atoms with Gasteiger partial charge in [-0.2, -0.15) is 0 Å². The molecule has 0 saturated carbocycles. The number of rotatable bonds is 3. The first-order valence-corrected chi connectivity index (χ1v) is 7.43. The fourth-order valence-electron chi connectivity index (χ4n) is 2.43. The highest BCUT2D eigenvalue weighted by Crippen LogP contribution is 2.25. The molecule has 0 radical (unpaired) electrons. The lowest BCUT2D eigenvalue weighted by Gasteiger charge is -2.09. The van der Waals surface area contributed by atoms with E-state index in [1.807, 2.05) is 44.2 Å². The number of carbonyl (C=O) groups is 1. The molecule has 112 valence electrons. The first kappa shape index (κ1) is 14.7. The molecule has 0 aliphatic carbocycles. The molecule has 0 aliphatic heterocycles. The lowest BCUT2D eigenvalue weighted by Crippen LogP contribution is -2.15. The van der Waals surface area contributed by atoms with Crippen LogP contribution in [0.2, 0.25) is 5.02 Å². The Morgan fingerprint density at radius 3 is 2.82 bits per heavy atom. The number of furan rings is 1. The number of fused-ring (bicyclic) bond motifs is 1. The summed E-state index contributed by atoms with van der Waals surface area (Å²) >= 11 is 6.01. The standard InChI is InChI=1S/C18H16ClNO2/c1-11-3-4-12(2)16(7-11)20-18(21)8-13-10-22-17-6-5-14(19)9-15(13)17/h3-7,9-10H,8H2,1-2H3,(H,20,21). The van der Waals surface area contributed by atoms with Gasteiger partial charge in [-0.05, 0) is 49.2 Å². The van der Waals surface area contributed by atoms with Gasteiger partial charge in [-0.25, -0.2) is 0 Å². The smallest absolute Gasteiger partial charge is 0.228 e. The summed E-state index contributed by atoms with van der Waals surface area (Å²) in [6.07, 6.45) is 1.87. The minimum Gasteiger partial charge on any atom is -0.464 e. The van der Waals surface area contributed by atoms with E-state index in [0.717, 1.165) is 33.3 Å². The van der Waals surface area contributed by atoms with E-state index in [4.69, 9.17) is 16.0 Å². The molecule has 1 amide bonds. The van der Waals surface area contributed by atoms with Crippen molar-refractivity contribution in [1.82, 2.24) is 0 Å². The molecule has 0 aliphatic rings. The van der Waals surface area contributed by atoms with Gasteiger partial charge in [0.15, 0.2) is 0 Å². The molecule has 0 saturated heterocycles. The van der Waals surface area contributed by atoms with Crippen LogP contribution in [0.25, 0.3) is 11.0 Å². The van der Waals surface area contributed by atoms with Gasteiger partial charge in [0.05, 0.1) is 12.7 Å². The monoisotopic (exact) mass is 313 g/mol. The zero-order valence-electron chi connectivity index (χ0n) is 12.4. The van der Waals surface area contributed by atoms with E-state index >= 15 is 0 Å². The van der Waals surface area contributed by atoms with E-state index in [1.54, 1.807) is 12.3 Å². The molecular weight excluding hydrogens is 298 g/mol. The summed E-state index contributed by atoms with van der Waals surface area (Å²) in [5.41, 5.74) is 4.57. The second kappa shape index (κ2) is 5.85. The van der Waals surface area contributed by atoms with Gasteiger partial charge in [0.2, 0.25) is 5.91 Å². The molecule has 0 fully saturated rings. The van der Waals surface area contributed by atoms with Crippen molar-refractivity contribution >= 4 is 34.2 Å². The summed E-state index contributed by atoms with van der Waals surface area (Å²) in [5.74, 6) is -0.0728. The van der Waals surface area contributed by atoms with E-state index in [0.29, 0.717) is 5.02 Å². The van der Waals surface area contributed by atoms with Crippen molar-refractivity contribution in [3.8, 4) is 0 Å². The molecule has 0 bridgehead atoms. The highest BCUT2D eigenvalue weighted by Gasteiger charge is 2.12. The van der Waals surface area contributed by atoms with Gasteiger partial charge in [0, 0.05) is 21.7 Å². The number of hydrogen-bond acceptors (Lipinski definition) is 2. The van der Waals surface area contributed by atoms with E-state index in [2.05, 4.69) is 5.32 Å². The van der Waals surface area contributed by atoms with Crippen LogP contribution in [0.3, 0.4) is 0 Å². The predicted molar refractivity (Wildman–Crippen MR) is 89.5 cm³/mol. The molecular formula is C18H16ClNO2. The van der Waals surface area contributed by atoms with E-state index in [1.165, 1.54) is 0 Å². The zero-order valence-corrected chi connectivity index (χ0v) is 13.2. The van der Waals surface area contributed by atoms with Crippen molar-refractivity contribution in [3.05, 3.63) is 64.4 Å². The van der Waals surface area contributed by atoms with Crippen LogP contribution in [0.5, 0.6) is 0 Å². The second-order valence-electron chi connectivity index (χ2n) is 5.44. The van der Waals surface area contributed by atoms with Gasteiger partial charge >= 0.3 is 0 Å². The third-order valence-corrected chi connectivity index (χ3v) is 3.87. The fourth-order valence-corrected chi connectivity index (χ4v) is 2.60. The number of carbonyl (C=O) groups excluding carboxylic acids is 1. The lowest BCUT2D eigenvalue weighted by atomic mass is 10.1. The van der Waals surface area contributed by atoms with E-state index in [9.17, 15) is 4.79 Å². The number of hydrogen-bond donors (Lipinski definition) is 1. The molecule has 1 N–H and O–H groups in total. The molecule has 3 nitrogen and oxygen atoms in total. The van der Waals surface area contributed by atoms with Crippen LogP contribution in [-0.2, 0) is 11.2 Å². The van der Waals surface area contributed by atoms with Crippen LogP contribution >= 0.6 is 11.6 Å². The first-order valence-electron chi connectivity index (χ1n) is 7.05. The highest BCUT2D eigenvalue weighted by molar-refractivity contribution is 6.31. The van der Waals surface area contributed by atoms with Gasteiger partial charge < -0.3 is 9.73 Å². The molecule has 3 rings (SSSR count). The Hall–Kier alpha value is -2.26. The van der Waals surface area contributed by atoms with Crippen molar-refractivity contribution in [1.29, 1.82) is 0 Å². The summed E-state index contributed by atoms with van der Waals surface area (Å²) in [5, 5.41) is 4.46. The van der Waals surface area contributed by atoms with Crippen LogP contribution < -0.4 is 5.32 Å². The number of benzene rings is 2. The normalized spacial score (nSPS) is 10.9. The number of anilines is 1. The average Bonchev–Trinajstić information content (AvgIpc) is 2.85. The van der Waals surface area contributed by atoms with Gasteiger partial charge in [0.25, 0.3) is 0 Å². The fraction of sp³-hybridized carbons (Fsp3) is 0.167. The van der Waals surface area contributed by atoms with E-state index in [-0.39, 0.29) is 12.3 Å². The molecule has 0 spiro atoms. The Labute approximate surface area is 133 Å². The molecule has 0 unspecified atom stereocenters.